The number of carbonyl (C=O) groups is 3. The summed E-state index contributed by atoms with van der Waals surface area (Å²) in [6.45, 7) is 11.3. The molecule has 0 N–H and O–H groups in total. The molecule has 0 aromatic heterocycles. The van der Waals surface area contributed by atoms with Crippen LogP contribution in [0.3, 0.4) is 0 Å². The van der Waals surface area contributed by atoms with Gasteiger partial charge in [-0.05, 0) is 31.1 Å². The van der Waals surface area contributed by atoms with Crippen LogP contribution < -0.4 is 0 Å². The molecule has 0 fully saturated rings. The van der Waals surface area contributed by atoms with Gasteiger partial charge in [-0.2, -0.15) is 0 Å². The van der Waals surface area contributed by atoms with Crippen LogP contribution in [-0.4, -0.2) is 37.2 Å². The summed E-state index contributed by atoms with van der Waals surface area (Å²) in [4.78, 5) is 37.7. The fourth-order valence-corrected chi connectivity index (χ4v) is 6.90. The van der Waals surface area contributed by atoms with Crippen LogP contribution in [0.4, 0.5) is 0 Å². The van der Waals surface area contributed by atoms with Crippen LogP contribution >= 0.6 is 0 Å². The molecular weight excluding hydrogens is 661 g/mol. The molecular formula is C47H90O6. The molecule has 53 heavy (non-hydrogen) atoms. The van der Waals surface area contributed by atoms with Crippen molar-refractivity contribution in [3.63, 3.8) is 0 Å². The summed E-state index contributed by atoms with van der Waals surface area (Å²) in [5.41, 5.74) is 0. The summed E-state index contributed by atoms with van der Waals surface area (Å²) >= 11 is 0. The predicted octanol–water partition coefficient (Wildman–Crippen LogP) is 14.6. The zero-order chi connectivity index (χ0) is 39.0. The van der Waals surface area contributed by atoms with Gasteiger partial charge in [0.25, 0.3) is 0 Å². The number of esters is 3. The average Bonchev–Trinajstić information content (AvgIpc) is 3.14. The highest BCUT2D eigenvalue weighted by Crippen LogP contribution is 2.17. The van der Waals surface area contributed by atoms with E-state index in [1.165, 1.54) is 141 Å². The van der Waals surface area contributed by atoms with Gasteiger partial charge in [-0.15, -0.1) is 0 Å². The number of hydrogen-bond acceptors (Lipinski definition) is 6. The Balaban J connectivity index is 4.33. The van der Waals surface area contributed by atoms with Crippen molar-refractivity contribution in [1.29, 1.82) is 0 Å². The zero-order valence-corrected chi connectivity index (χ0v) is 36.1. The zero-order valence-electron chi connectivity index (χ0n) is 36.1. The summed E-state index contributed by atoms with van der Waals surface area (Å²) in [7, 11) is 0. The maximum Gasteiger partial charge on any atom is 0.306 e. The standard InChI is InChI=1S/C47H90O6/c1-6-8-9-10-11-12-13-14-15-18-21-27-32-37-45(48)51-40-44(53-47(50)39-34-29-24-23-26-31-36-43(5)7-2)41-52-46(49)38-33-28-22-19-16-17-20-25-30-35-42(3)4/h42-44H,6-41H2,1-5H3/t43?,44-/m1/s1. The second-order valence-electron chi connectivity index (χ2n) is 16.8. The lowest BCUT2D eigenvalue weighted by molar-refractivity contribution is -0.167. The van der Waals surface area contributed by atoms with E-state index in [1.54, 1.807) is 0 Å². The summed E-state index contributed by atoms with van der Waals surface area (Å²) in [6, 6.07) is 0. The van der Waals surface area contributed by atoms with Crippen LogP contribution in [0.5, 0.6) is 0 Å². The molecule has 314 valence electrons. The molecule has 0 aliphatic rings. The van der Waals surface area contributed by atoms with E-state index >= 15 is 0 Å². The van der Waals surface area contributed by atoms with Crippen LogP contribution in [0, 0.1) is 11.8 Å². The smallest absolute Gasteiger partial charge is 0.306 e. The van der Waals surface area contributed by atoms with Gasteiger partial charge in [0.15, 0.2) is 6.10 Å². The molecule has 1 unspecified atom stereocenters. The van der Waals surface area contributed by atoms with Crippen molar-refractivity contribution in [3.05, 3.63) is 0 Å². The van der Waals surface area contributed by atoms with Crippen molar-refractivity contribution in [1.82, 2.24) is 0 Å². The van der Waals surface area contributed by atoms with Gasteiger partial charge in [-0.25, -0.2) is 0 Å². The topological polar surface area (TPSA) is 78.9 Å². The first kappa shape index (κ1) is 51.4. The molecule has 0 bridgehead atoms. The second kappa shape index (κ2) is 40.1. The van der Waals surface area contributed by atoms with Crippen LogP contribution in [-0.2, 0) is 28.6 Å². The normalized spacial score (nSPS) is 12.6. The molecule has 0 saturated carbocycles. The first-order chi connectivity index (χ1) is 25.8. The lowest BCUT2D eigenvalue weighted by Crippen LogP contribution is -2.30. The predicted molar refractivity (Wildman–Crippen MR) is 224 cm³/mol. The summed E-state index contributed by atoms with van der Waals surface area (Å²) in [6.07, 6.45) is 38.0. The van der Waals surface area contributed by atoms with Crippen LogP contribution in [0.15, 0.2) is 0 Å². The SMILES string of the molecule is CCCCCCCCCCCCCCCC(=O)OC[C@H](COC(=O)CCCCCCCCCCCC(C)C)OC(=O)CCCCCCCCC(C)CC. The first-order valence-electron chi connectivity index (χ1n) is 23.3. The third-order valence-corrected chi connectivity index (χ3v) is 10.8. The Kier molecular flexibility index (Phi) is 38.9. The Labute approximate surface area is 329 Å². The lowest BCUT2D eigenvalue weighted by Gasteiger charge is -2.18. The Morgan fingerprint density at radius 1 is 0.396 bits per heavy atom. The van der Waals surface area contributed by atoms with E-state index in [1.807, 2.05) is 0 Å². The van der Waals surface area contributed by atoms with E-state index < -0.39 is 6.10 Å². The van der Waals surface area contributed by atoms with Gasteiger partial charge >= 0.3 is 17.9 Å². The highest BCUT2D eigenvalue weighted by Gasteiger charge is 2.19. The fraction of sp³-hybridized carbons (Fsp3) is 0.936. The van der Waals surface area contributed by atoms with Gasteiger partial charge in [0, 0.05) is 19.3 Å². The highest BCUT2D eigenvalue weighted by molar-refractivity contribution is 5.71. The second-order valence-corrected chi connectivity index (χ2v) is 16.8. The van der Waals surface area contributed by atoms with Gasteiger partial charge in [-0.3, -0.25) is 14.4 Å². The molecule has 0 radical (unpaired) electrons. The number of ether oxygens (including phenoxy) is 3. The molecule has 0 aliphatic carbocycles. The molecule has 0 rings (SSSR count). The molecule has 2 atom stereocenters. The van der Waals surface area contributed by atoms with E-state index in [0.29, 0.717) is 19.3 Å². The number of unbranched alkanes of at least 4 members (excludes halogenated alkanes) is 25. The monoisotopic (exact) mass is 751 g/mol. The fourth-order valence-electron chi connectivity index (χ4n) is 6.90. The Morgan fingerprint density at radius 3 is 1.08 bits per heavy atom. The number of rotatable bonds is 41. The van der Waals surface area contributed by atoms with Crippen molar-refractivity contribution >= 4 is 17.9 Å². The largest absolute Gasteiger partial charge is 0.462 e. The molecule has 6 heteroatoms. The van der Waals surface area contributed by atoms with Gasteiger partial charge in [0.1, 0.15) is 13.2 Å². The summed E-state index contributed by atoms with van der Waals surface area (Å²) in [5, 5.41) is 0. The maximum atomic E-state index is 12.7. The van der Waals surface area contributed by atoms with Crippen LogP contribution in [0.25, 0.3) is 0 Å². The van der Waals surface area contributed by atoms with Gasteiger partial charge < -0.3 is 14.2 Å². The van der Waals surface area contributed by atoms with Crippen molar-refractivity contribution in [2.45, 2.75) is 259 Å². The molecule has 0 spiro atoms. The quantitative estimate of drug-likeness (QED) is 0.0352. The lowest BCUT2D eigenvalue weighted by atomic mass is 10.00. The molecule has 0 amide bonds. The minimum atomic E-state index is -0.761. The molecule has 0 aromatic carbocycles. The Morgan fingerprint density at radius 2 is 0.717 bits per heavy atom. The van der Waals surface area contributed by atoms with E-state index in [2.05, 4.69) is 34.6 Å². The van der Waals surface area contributed by atoms with E-state index in [9.17, 15) is 14.4 Å². The molecule has 0 saturated heterocycles. The van der Waals surface area contributed by atoms with Gasteiger partial charge in [0.05, 0.1) is 0 Å². The molecule has 0 aliphatic heterocycles. The van der Waals surface area contributed by atoms with Crippen molar-refractivity contribution in [2.24, 2.45) is 11.8 Å². The first-order valence-corrected chi connectivity index (χ1v) is 23.3. The Bertz CT molecular complexity index is 811. The van der Waals surface area contributed by atoms with Gasteiger partial charge in [-0.1, -0.05) is 214 Å². The van der Waals surface area contributed by atoms with Crippen molar-refractivity contribution < 1.29 is 28.6 Å². The van der Waals surface area contributed by atoms with Crippen molar-refractivity contribution in [3.8, 4) is 0 Å². The third kappa shape index (κ3) is 39.9. The van der Waals surface area contributed by atoms with E-state index in [0.717, 1.165) is 69.6 Å². The van der Waals surface area contributed by atoms with Crippen LogP contribution in [0.2, 0.25) is 0 Å². The number of hydrogen-bond donors (Lipinski definition) is 0. The van der Waals surface area contributed by atoms with Gasteiger partial charge in [0.2, 0.25) is 0 Å². The third-order valence-electron chi connectivity index (χ3n) is 10.8. The highest BCUT2D eigenvalue weighted by atomic mass is 16.6. The van der Waals surface area contributed by atoms with Crippen LogP contribution in [0.1, 0.15) is 253 Å². The summed E-state index contributed by atoms with van der Waals surface area (Å²) in [5.74, 6) is 0.759. The van der Waals surface area contributed by atoms with Crippen molar-refractivity contribution in [2.75, 3.05) is 13.2 Å². The molecule has 0 heterocycles. The minimum Gasteiger partial charge on any atom is -0.462 e. The minimum absolute atomic E-state index is 0.0655. The summed E-state index contributed by atoms with van der Waals surface area (Å²) < 4.78 is 16.7. The molecule has 0 aromatic rings. The average molecular weight is 751 g/mol. The maximum absolute atomic E-state index is 12.7. The van der Waals surface area contributed by atoms with E-state index in [4.69, 9.17) is 14.2 Å². The molecule has 6 nitrogen and oxygen atoms in total. The Hall–Kier alpha value is -1.59. The van der Waals surface area contributed by atoms with E-state index in [-0.39, 0.29) is 31.1 Å². The number of carbonyl (C=O) groups excluding carboxylic acids is 3.